The fraction of sp³-hybridized carbons (Fsp3) is 0.143. The molecule has 0 aromatic heterocycles. The number of hydrogen-bond acceptors (Lipinski definition) is 2. The molecule has 0 saturated heterocycles. The number of rotatable bonds is 3. The first-order chi connectivity index (χ1) is 8.49. The lowest BCUT2D eigenvalue weighted by atomic mass is 9.97. The predicted octanol–water partition coefficient (Wildman–Crippen LogP) is -1.39. The van der Waals surface area contributed by atoms with Crippen LogP contribution in [-0.4, -0.2) is 44.3 Å². The number of fused-ring (bicyclic) bond motifs is 1. The van der Waals surface area contributed by atoms with Crippen molar-refractivity contribution in [2.45, 2.75) is 12.8 Å². The van der Waals surface area contributed by atoms with Crippen LogP contribution in [0.15, 0.2) is 36.4 Å². The van der Waals surface area contributed by atoms with E-state index in [2.05, 4.69) is 0 Å². The molecule has 0 bridgehead atoms. The first kappa shape index (κ1) is 33.4. The zero-order chi connectivity index (χ0) is 13.3. The minimum Gasteiger partial charge on any atom is -0.481 e. The average Bonchev–Trinajstić information content (AvgIpc) is 2.36. The van der Waals surface area contributed by atoms with Crippen LogP contribution in [0.3, 0.4) is 0 Å². The lowest BCUT2D eigenvalue weighted by Crippen LogP contribution is -2.10. The molecule has 0 fully saturated rings. The molecule has 0 heterocycles. The van der Waals surface area contributed by atoms with Crippen molar-refractivity contribution in [2.75, 3.05) is 0 Å². The number of benzene rings is 2. The van der Waals surface area contributed by atoms with Crippen LogP contribution in [0.5, 0.6) is 0 Å². The molecule has 140 valence electrons. The topological polar surface area (TPSA) is 245 Å². The fourth-order valence-corrected chi connectivity index (χ4v) is 1.84. The van der Waals surface area contributed by atoms with E-state index in [9.17, 15) is 4.79 Å². The van der Waals surface area contributed by atoms with E-state index in [1.54, 1.807) is 19.1 Å². The standard InChI is InChI=1S/C14H14N2O2.ClH.5H2O/c1-8(14(17)18)10-4-2-9-3-5-11(13(15)16)7-12(9)6-10;;;;;;/h2-8H,1H3,(H3,15,16)(H,17,18);1H;5*1H2. The van der Waals surface area contributed by atoms with E-state index in [4.69, 9.17) is 16.2 Å². The van der Waals surface area contributed by atoms with Gasteiger partial charge in [0, 0.05) is 5.56 Å². The number of carboxylic acids is 1. The van der Waals surface area contributed by atoms with Gasteiger partial charge in [-0.3, -0.25) is 10.2 Å². The van der Waals surface area contributed by atoms with Crippen LogP contribution in [0, 0.1) is 5.41 Å². The number of nitrogen functional groups attached to an aromatic ring is 1. The summed E-state index contributed by atoms with van der Waals surface area (Å²) in [6, 6.07) is 11.0. The highest BCUT2D eigenvalue weighted by Crippen LogP contribution is 2.22. The third-order valence-corrected chi connectivity index (χ3v) is 3.05. The Balaban J connectivity index is -0.000000201. The number of nitrogens with two attached hydrogens (primary N) is 1. The molecule has 2 rings (SSSR count). The summed E-state index contributed by atoms with van der Waals surface area (Å²) in [7, 11) is 0. The second-order valence-electron chi connectivity index (χ2n) is 4.29. The van der Waals surface area contributed by atoms with Crippen molar-refractivity contribution in [2.24, 2.45) is 5.73 Å². The number of amidine groups is 1. The Morgan fingerprint density at radius 2 is 1.50 bits per heavy atom. The van der Waals surface area contributed by atoms with Gasteiger partial charge < -0.3 is 38.2 Å². The van der Waals surface area contributed by atoms with Gasteiger partial charge in [-0.15, -0.1) is 12.4 Å². The molecule has 1 atom stereocenters. The molecule has 0 saturated carbocycles. The predicted molar refractivity (Wildman–Crippen MR) is 96.3 cm³/mol. The molecule has 10 heteroatoms. The molecule has 1 unspecified atom stereocenters. The highest BCUT2D eigenvalue weighted by atomic mass is 35.5. The Morgan fingerprint density at radius 1 is 1.00 bits per heavy atom. The van der Waals surface area contributed by atoms with Gasteiger partial charge >= 0.3 is 5.97 Å². The number of hydrogen-bond donors (Lipinski definition) is 3. The molecule has 0 radical (unpaired) electrons. The van der Waals surface area contributed by atoms with Crippen molar-refractivity contribution in [1.82, 2.24) is 0 Å². The number of aliphatic carboxylic acids is 1. The minimum atomic E-state index is -0.850. The zero-order valence-corrected chi connectivity index (χ0v) is 13.7. The van der Waals surface area contributed by atoms with Gasteiger partial charge in [0.15, 0.2) is 0 Å². The lowest BCUT2D eigenvalue weighted by Gasteiger charge is -2.08. The fourth-order valence-electron chi connectivity index (χ4n) is 1.84. The monoisotopic (exact) mass is 368 g/mol. The van der Waals surface area contributed by atoms with Crippen molar-refractivity contribution in [3.05, 3.63) is 47.5 Å². The molecule has 14 N–H and O–H groups in total. The van der Waals surface area contributed by atoms with Gasteiger partial charge in [-0.05, 0) is 29.3 Å². The maximum absolute atomic E-state index is 11.0. The SMILES string of the molecule is CC(C(=O)O)c1ccc2ccc(C(=N)N)cc2c1.Cl.O.O.O.O.O. The van der Waals surface area contributed by atoms with E-state index in [0.29, 0.717) is 5.56 Å². The summed E-state index contributed by atoms with van der Waals surface area (Å²) >= 11 is 0. The summed E-state index contributed by atoms with van der Waals surface area (Å²) < 4.78 is 0. The van der Waals surface area contributed by atoms with E-state index in [1.165, 1.54) is 0 Å². The maximum atomic E-state index is 11.0. The van der Waals surface area contributed by atoms with E-state index in [-0.39, 0.29) is 45.6 Å². The molecule has 9 nitrogen and oxygen atoms in total. The van der Waals surface area contributed by atoms with Gasteiger partial charge in [0.1, 0.15) is 5.84 Å². The maximum Gasteiger partial charge on any atom is 0.310 e. The Bertz CT molecular complexity index is 652. The largest absolute Gasteiger partial charge is 0.481 e. The van der Waals surface area contributed by atoms with Gasteiger partial charge in [-0.1, -0.05) is 30.3 Å². The van der Waals surface area contributed by atoms with Crippen molar-refractivity contribution < 1.29 is 37.3 Å². The average molecular weight is 369 g/mol. The molecular formula is C14H25ClN2O7. The van der Waals surface area contributed by atoms with Crippen molar-refractivity contribution in [3.63, 3.8) is 0 Å². The van der Waals surface area contributed by atoms with Crippen LogP contribution >= 0.6 is 12.4 Å². The number of nitrogens with one attached hydrogen (secondary N) is 1. The van der Waals surface area contributed by atoms with Crippen molar-refractivity contribution in [3.8, 4) is 0 Å². The molecule has 24 heavy (non-hydrogen) atoms. The Labute approximate surface area is 144 Å². The van der Waals surface area contributed by atoms with Crippen molar-refractivity contribution in [1.29, 1.82) is 5.41 Å². The summed E-state index contributed by atoms with van der Waals surface area (Å²) in [6.07, 6.45) is 0. The van der Waals surface area contributed by atoms with Crippen LogP contribution in [0.1, 0.15) is 24.0 Å². The van der Waals surface area contributed by atoms with Crippen LogP contribution in [0.4, 0.5) is 0 Å². The smallest absolute Gasteiger partial charge is 0.310 e. The van der Waals surface area contributed by atoms with Crippen LogP contribution in [-0.2, 0) is 4.79 Å². The molecule has 0 aliphatic heterocycles. The molecule has 2 aromatic carbocycles. The third kappa shape index (κ3) is 6.87. The van der Waals surface area contributed by atoms with E-state index in [1.807, 2.05) is 24.3 Å². The van der Waals surface area contributed by atoms with Gasteiger partial charge in [-0.25, -0.2) is 0 Å². The van der Waals surface area contributed by atoms with E-state index in [0.717, 1.165) is 16.3 Å². The summed E-state index contributed by atoms with van der Waals surface area (Å²) in [5, 5.41) is 18.3. The summed E-state index contributed by atoms with van der Waals surface area (Å²) in [5.41, 5.74) is 6.83. The molecule has 0 aliphatic rings. The Hall–Kier alpha value is -2.27. The van der Waals surface area contributed by atoms with Gasteiger partial charge in [0.05, 0.1) is 5.92 Å². The number of carbonyl (C=O) groups is 1. The lowest BCUT2D eigenvalue weighted by molar-refractivity contribution is -0.138. The summed E-state index contributed by atoms with van der Waals surface area (Å²) in [6.45, 7) is 1.65. The van der Waals surface area contributed by atoms with E-state index < -0.39 is 11.9 Å². The molecule has 0 amide bonds. The second kappa shape index (κ2) is 13.2. The highest BCUT2D eigenvalue weighted by molar-refractivity contribution is 5.99. The Kier molecular flexibility index (Phi) is 18.3. The molecular weight excluding hydrogens is 344 g/mol. The number of carboxylic acid groups (broad SMARTS) is 1. The number of halogens is 1. The first-order valence-electron chi connectivity index (χ1n) is 5.60. The molecule has 0 aliphatic carbocycles. The van der Waals surface area contributed by atoms with Crippen LogP contribution in [0.2, 0.25) is 0 Å². The minimum absolute atomic E-state index is 0. The van der Waals surface area contributed by atoms with Crippen LogP contribution < -0.4 is 5.73 Å². The molecule has 2 aromatic rings. The van der Waals surface area contributed by atoms with E-state index >= 15 is 0 Å². The van der Waals surface area contributed by atoms with Gasteiger partial charge in [0.2, 0.25) is 0 Å². The first-order valence-corrected chi connectivity index (χ1v) is 5.60. The summed E-state index contributed by atoms with van der Waals surface area (Å²) in [4.78, 5) is 11.0. The third-order valence-electron chi connectivity index (χ3n) is 3.05. The highest BCUT2D eigenvalue weighted by Gasteiger charge is 2.13. The quantitative estimate of drug-likeness (QED) is 0.437. The Morgan fingerprint density at radius 3 is 1.96 bits per heavy atom. The molecule has 0 spiro atoms. The second-order valence-corrected chi connectivity index (χ2v) is 4.29. The van der Waals surface area contributed by atoms with Crippen molar-refractivity contribution >= 4 is 35.0 Å². The normalized spacial score (nSPS) is 9.21. The van der Waals surface area contributed by atoms with Gasteiger partial charge in [0.25, 0.3) is 0 Å². The zero-order valence-electron chi connectivity index (χ0n) is 12.9. The van der Waals surface area contributed by atoms with Gasteiger partial charge in [-0.2, -0.15) is 0 Å². The van der Waals surface area contributed by atoms with Crippen LogP contribution in [0.25, 0.3) is 10.8 Å². The summed E-state index contributed by atoms with van der Waals surface area (Å²) in [5.74, 6) is -1.39.